The lowest BCUT2D eigenvalue weighted by molar-refractivity contribution is -0.456. The number of hydrogen-bond donors (Lipinski definition) is 1. The van der Waals surface area contributed by atoms with Crippen molar-refractivity contribution in [1.82, 2.24) is 0 Å². The van der Waals surface area contributed by atoms with Gasteiger partial charge in [0.2, 0.25) is 5.91 Å². The molecule has 0 heterocycles. The van der Waals surface area contributed by atoms with Gasteiger partial charge in [-0.05, 0) is 18.2 Å². The predicted octanol–water partition coefficient (Wildman–Crippen LogP) is 0.778. The van der Waals surface area contributed by atoms with Gasteiger partial charge >= 0.3 is 0 Å². The molecule has 7 heteroatoms. The predicted molar refractivity (Wildman–Crippen MR) is 60.0 cm³/mol. The molecule has 2 N–H and O–H groups in total. The highest BCUT2D eigenvalue weighted by Gasteiger charge is 2.07. The Morgan fingerprint density at radius 2 is 2.33 bits per heavy atom. The van der Waals surface area contributed by atoms with Crippen molar-refractivity contribution in [2.24, 2.45) is 11.7 Å². The third kappa shape index (κ3) is 10.2. The van der Waals surface area contributed by atoms with Gasteiger partial charge in [0.15, 0.2) is 0 Å². The van der Waals surface area contributed by atoms with Gasteiger partial charge in [0, 0.05) is 11.7 Å². The maximum atomic E-state index is 10.7. The molecule has 0 aliphatic heterocycles. The second kappa shape index (κ2) is 10.4. The van der Waals surface area contributed by atoms with E-state index < -0.39 is 0 Å². The maximum absolute atomic E-state index is 10.7. The molecule has 5 nitrogen and oxygen atoms in total. The second-order valence-electron chi connectivity index (χ2n) is 2.94. The Hall–Kier alpha value is -0.0831. The smallest absolute Gasteiger partial charge is 0.287 e. The molecule has 0 rings (SSSR count). The van der Waals surface area contributed by atoms with Crippen LogP contribution in [-0.4, -0.2) is 34.3 Å². The van der Waals surface area contributed by atoms with Crippen LogP contribution in [0.25, 0.3) is 0 Å². The monoisotopic (exact) mass is 251 g/mol. The molecule has 1 amide bonds. The van der Waals surface area contributed by atoms with E-state index in [1.54, 1.807) is 11.8 Å². The van der Waals surface area contributed by atoms with Crippen molar-refractivity contribution in [1.29, 1.82) is 0 Å². The summed E-state index contributed by atoms with van der Waals surface area (Å²) in [7, 11) is 1.68. The summed E-state index contributed by atoms with van der Waals surface area (Å²) in [6, 6.07) is 0.932. The molecule has 0 saturated carbocycles. The topological polar surface area (TPSA) is 70.8 Å². The number of primary amides is 1. The zero-order chi connectivity index (χ0) is 11.5. The average Bonchev–Trinajstić information content (AvgIpc) is 2.21. The van der Waals surface area contributed by atoms with E-state index in [1.807, 2.05) is 6.92 Å². The minimum atomic E-state index is -0.235. The molecule has 0 aromatic heterocycles. The van der Waals surface area contributed by atoms with Gasteiger partial charge in [0.1, 0.15) is 0 Å². The fourth-order valence-corrected chi connectivity index (χ4v) is 2.50. The second-order valence-corrected chi connectivity index (χ2v) is 5.05. The minimum Gasteiger partial charge on any atom is -0.369 e. The van der Waals surface area contributed by atoms with E-state index in [1.165, 1.54) is 7.11 Å². The summed E-state index contributed by atoms with van der Waals surface area (Å²) in [5.41, 5.74) is 5.13. The van der Waals surface area contributed by atoms with Gasteiger partial charge in [-0.1, -0.05) is 12.0 Å². The molecule has 0 aliphatic carbocycles. The third-order valence-corrected chi connectivity index (χ3v) is 3.64. The van der Waals surface area contributed by atoms with Crippen molar-refractivity contribution in [2.75, 3.05) is 18.6 Å². The van der Waals surface area contributed by atoms with E-state index in [0.29, 0.717) is 0 Å². The van der Waals surface area contributed by atoms with Crippen LogP contribution in [0.3, 0.4) is 0 Å². The van der Waals surface area contributed by atoms with Crippen molar-refractivity contribution in [3.63, 3.8) is 0 Å². The first-order valence-corrected chi connectivity index (χ1v) is 6.91. The Kier molecular flexibility index (Phi) is 10.4. The van der Waals surface area contributed by atoms with Gasteiger partial charge in [0.05, 0.1) is 7.11 Å². The lowest BCUT2D eigenvalue weighted by Crippen LogP contribution is -2.22. The summed E-state index contributed by atoms with van der Waals surface area (Å²) in [6.07, 6.45) is 1.03. The first kappa shape index (κ1) is 14.9. The Bertz CT molecular complexity index is 173. The SMILES string of the molecule is COOO[Si]CCCSCC(C)C(N)=O. The normalized spacial score (nSPS) is 12.7. The number of hydrogen-bond acceptors (Lipinski definition) is 5. The first-order chi connectivity index (χ1) is 7.18. The molecule has 1 unspecified atom stereocenters. The van der Waals surface area contributed by atoms with Crippen molar-refractivity contribution < 1.29 is 19.3 Å². The number of carbonyl (C=O) groups excluding carboxylic acids is 1. The molecule has 0 spiro atoms. The van der Waals surface area contributed by atoms with Crippen LogP contribution in [0.1, 0.15) is 13.3 Å². The van der Waals surface area contributed by atoms with Gasteiger partial charge in [-0.25, -0.2) is 4.89 Å². The molecule has 2 radical (unpaired) electrons. The van der Waals surface area contributed by atoms with Gasteiger partial charge in [-0.3, -0.25) is 9.37 Å². The van der Waals surface area contributed by atoms with Crippen molar-refractivity contribution in [2.45, 2.75) is 19.4 Å². The van der Waals surface area contributed by atoms with Crippen molar-refractivity contribution >= 4 is 27.4 Å². The first-order valence-electron chi connectivity index (χ1n) is 4.64. The quantitative estimate of drug-likeness (QED) is 0.269. The van der Waals surface area contributed by atoms with Crippen molar-refractivity contribution in [3.05, 3.63) is 0 Å². The number of thioether (sulfide) groups is 1. The van der Waals surface area contributed by atoms with Crippen LogP contribution in [0.5, 0.6) is 0 Å². The summed E-state index contributed by atoms with van der Waals surface area (Å²) >= 11 is 1.73. The number of rotatable bonds is 10. The summed E-state index contributed by atoms with van der Waals surface area (Å²) in [6.45, 7) is 1.84. The van der Waals surface area contributed by atoms with Gasteiger partial charge in [-0.15, -0.1) is 0 Å². The third-order valence-electron chi connectivity index (χ3n) is 1.58. The Morgan fingerprint density at radius 1 is 1.60 bits per heavy atom. The highest BCUT2D eigenvalue weighted by atomic mass is 32.2. The van der Waals surface area contributed by atoms with Gasteiger partial charge in [0.25, 0.3) is 9.76 Å². The highest BCUT2D eigenvalue weighted by molar-refractivity contribution is 7.99. The van der Waals surface area contributed by atoms with Crippen LogP contribution in [0, 0.1) is 5.92 Å². The highest BCUT2D eigenvalue weighted by Crippen LogP contribution is 2.10. The molecule has 15 heavy (non-hydrogen) atoms. The molecule has 0 aromatic carbocycles. The molecule has 0 aliphatic rings. The average molecular weight is 251 g/mol. The minimum absolute atomic E-state index is 0.0504. The van der Waals surface area contributed by atoms with Crippen LogP contribution < -0.4 is 5.73 Å². The molecular weight excluding hydrogens is 234 g/mol. The van der Waals surface area contributed by atoms with Crippen LogP contribution in [0.2, 0.25) is 6.04 Å². The number of nitrogens with two attached hydrogens (primary N) is 1. The zero-order valence-electron chi connectivity index (χ0n) is 9.02. The fraction of sp³-hybridized carbons (Fsp3) is 0.875. The lowest BCUT2D eigenvalue weighted by Gasteiger charge is -2.05. The number of carbonyl (C=O) groups is 1. The Labute approximate surface area is 96.8 Å². The Morgan fingerprint density at radius 3 is 2.93 bits per heavy atom. The maximum Gasteiger partial charge on any atom is 0.287 e. The standard InChI is InChI=1S/C8H17NO4SSi/c1-7(8(9)10)6-14-4-3-5-15-13-12-11-2/h7H,3-6H2,1-2H3,(H2,9,10). The fourth-order valence-electron chi connectivity index (χ4n) is 0.688. The lowest BCUT2D eigenvalue weighted by atomic mass is 10.2. The van der Waals surface area contributed by atoms with E-state index in [2.05, 4.69) is 14.5 Å². The molecule has 1 atom stereocenters. The summed E-state index contributed by atoms with van der Waals surface area (Å²) in [5, 5.41) is 4.25. The van der Waals surface area contributed by atoms with E-state index in [9.17, 15) is 4.79 Å². The Balaban J connectivity index is 3.08. The summed E-state index contributed by atoms with van der Waals surface area (Å²) < 4.78 is 4.67. The summed E-state index contributed by atoms with van der Waals surface area (Å²) in [5.74, 6) is 1.50. The molecular formula is C8H17NO4SSi. The van der Waals surface area contributed by atoms with Gasteiger partial charge < -0.3 is 5.73 Å². The van der Waals surface area contributed by atoms with E-state index in [4.69, 9.17) is 5.73 Å². The van der Waals surface area contributed by atoms with E-state index >= 15 is 0 Å². The molecule has 0 bridgehead atoms. The van der Waals surface area contributed by atoms with Crippen molar-refractivity contribution in [3.8, 4) is 0 Å². The van der Waals surface area contributed by atoms with Crippen LogP contribution in [-0.2, 0) is 19.3 Å². The van der Waals surface area contributed by atoms with Crippen LogP contribution in [0.4, 0.5) is 0 Å². The largest absolute Gasteiger partial charge is 0.369 e. The number of amides is 1. The van der Waals surface area contributed by atoms with E-state index in [-0.39, 0.29) is 21.6 Å². The molecule has 88 valence electrons. The molecule has 0 aromatic rings. The summed E-state index contributed by atoms with van der Waals surface area (Å²) in [4.78, 5) is 15.0. The van der Waals surface area contributed by atoms with Crippen LogP contribution in [0.15, 0.2) is 0 Å². The zero-order valence-corrected chi connectivity index (χ0v) is 10.8. The van der Waals surface area contributed by atoms with E-state index in [0.717, 1.165) is 24.0 Å². The van der Waals surface area contributed by atoms with Crippen LogP contribution >= 0.6 is 11.8 Å². The van der Waals surface area contributed by atoms with Gasteiger partial charge in [-0.2, -0.15) is 11.8 Å². The molecule has 0 fully saturated rings. The molecule has 0 saturated heterocycles.